The first-order chi connectivity index (χ1) is 4.04. The van der Waals surface area contributed by atoms with Crippen molar-refractivity contribution in [2.45, 2.75) is 19.9 Å². The van der Waals surface area contributed by atoms with Gasteiger partial charge in [0.1, 0.15) is 0 Å². The highest BCUT2D eigenvalue weighted by molar-refractivity contribution is 6.19. The standard InChI is InChI=1S/C5H9NO3/c1-4(2)6(9)3-5(7)8/h3-4H,1-2H3,(H,7,8). The molecule has 0 aliphatic carbocycles. The topological polar surface area (TPSA) is 63.4 Å². The van der Waals surface area contributed by atoms with E-state index < -0.39 is 5.97 Å². The van der Waals surface area contributed by atoms with Crippen molar-refractivity contribution in [1.29, 1.82) is 0 Å². The van der Waals surface area contributed by atoms with E-state index >= 15 is 0 Å². The molecule has 0 fully saturated rings. The Hall–Kier alpha value is -1.06. The molecule has 4 nitrogen and oxygen atoms in total. The van der Waals surface area contributed by atoms with Gasteiger partial charge >= 0.3 is 5.97 Å². The molecule has 0 aromatic carbocycles. The Morgan fingerprint density at radius 1 is 1.78 bits per heavy atom. The van der Waals surface area contributed by atoms with Gasteiger partial charge in [-0.2, -0.15) is 0 Å². The first kappa shape index (κ1) is 7.94. The molecule has 0 aliphatic rings. The molecule has 1 N–H and O–H groups in total. The SMILES string of the molecule is CC(C)[N+]([O-])=CC(=O)O. The molecule has 4 heteroatoms. The molecule has 0 spiro atoms. The van der Waals surface area contributed by atoms with Gasteiger partial charge in [-0.15, -0.1) is 0 Å². The lowest BCUT2D eigenvalue weighted by Gasteiger charge is -2.04. The Morgan fingerprint density at radius 3 is 2.33 bits per heavy atom. The van der Waals surface area contributed by atoms with E-state index in [4.69, 9.17) is 5.11 Å². The number of carbonyl (C=O) groups is 1. The molecule has 0 bridgehead atoms. The quantitative estimate of drug-likeness (QED) is 0.249. The van der Waals surface area contributed by atoms with Gasteiger partial charge in [0.15, 0.2) is 6.04 Å². The molecule has 0 saturated heterocycles. The van der Waals surface area contributed by atoms with Crippen LogP contribution in [0.25, 0.3) is 0 Å². The van der Waals surface area contributed by atoms with Gasteiger partial charge < -0.3 is 10.3 Å². The third kappa shape index (κ3) is 3.52. The fourth-order valence-electron chi connectivity index (χ4n) is 0.258. The Bertz CT molecular complexity index is 139. The number of carboxylic acids is 1. The van der Waals surface area contributed by atoms with E-state index in [2.05, 4.69) is 0 Å². The highest BCUT2D eigenvalue weighted by Crippen LogP contribution is 1.82. The third-order valence-corrected chi connectivity index (χ3v) is 0.747. The minimum atomic E-state index is -1.21. The van der Waals surface area contributed by atoms with Gasteiger partial charge in [-0.05, 0) is 13.8 Å². The molecule has 52 valence electrons. The van der Waals surface area contributed by atoms with Gasteiger partial charge in [-0.1, -0.05) is 0 Å². The molecule has 0 aromatic rings. The largest absolute Gasteiger partial charge is 0.623 e. The lowest BCUT2D eigenvalue weighted by molar-refractivity contribution is -0.487. The summed E-state index contributed by atoms with van der Waals surface area (Å²) in [5.74, 6) is -1.21. The zero-order valence-corrected chi connectivity index (χ0v) is 5.37. The minimum absolute atomic E-state index is 0.305. The average Bonchev–Trinajstić information content (AvgIpc) is 1.63. The molecule has 0 heterocycles. The molecule has 9 heavy (non-hydrogen) atoms. The van der Waals surface area contributed by atoms with Gasteiger partial charge in [0.25, 0.3) is 6.21 Å². The summed E-state index contributed by atoms with van der Waals surface area (Å²) in [5.41, 5.74) is 0. The van der Waals surface area contributed by atoms with E-state index in [9.17, 15) is 10.0 Å². The molecule has 0 amide bonds. The van der Waals surface area contributed by atoms with Crippen LogP contribution in [-0.2, 0) is 4.79 Å². The first-order valence-corrected chi connectivity index (χ1v) is 2.57. The highest BCUT2D eigenvalue weighted by Gasteiger charge is 2.02. The van der Waals surface area contributed by atoms with Crippen LogP contribution in [0.15, 0.2) is 0 Å². The van der Waals surface area contributed by atoms with Crippen molar-refractivity contribution in [1.82, 2.24) is 0 Å². The number of hydrogen-bond donors (Lipinski definition) is 1. The maximum absolute atomic E-state index is 10.4. The smallest absolute Gasteiger partial charge is 0.394 e. The van der Waals surface area contributed by atoms with E-state index in [0.29, 0.717) is 11.0 Å². The molecule has 0 rings (SSSR count). The predicted octanol–water partition coefficient (Wildman–Crippen LogP) is 0.0605. The summed E-state index contributed by atoms with van der Waals surface area (Å²) in [6.07, 6.45) is 0.602. The van der Waals surface area contributed by atoms with Gasteiger partial charge in [0.2, 0.25) is 0 Å². The maximum Gasteiger partial charge on any atom is 0.394 e. The Balaban J connectivity index is 4.00. The van der Waals surface area contributed by atoms with Gasteiger partial charge in [0.05, 0.1) is 0 Å². The predicted molar refractivity (Wildman–Crippen MR) is 32.5 cm³/mol. The maximum atomic E-state index is 10.4. The molecule has 0 aromatic heterocycles. The fraction of sp³-hybridized carbons (Fsp3) is 0.600. The second-order valence-corrected chi connectivity index (χ2v) is 1.92. The van der Waals surface area contributed by atoms with Crippen molar-refractivity contribution < 1.29 is 14.6 Å². The number of nitrogens with zero attached hydrogens (tertiary/aromatic N) is 1. The first-order valence-electron chi connectivity index (χ1n) is 2.57. The Kier molecular flexibility index (Phi) is 2.70. The highest BCUT2D eigenvalue weighted by atomic mass is 16.5. The van der Waals surface area contributed by atoms with Crippen LogP contribution in [-0.4, -0.2) is 28.1 Å². The van der Waals surface area contributed by atoms with Crippen LogP contribution in [0.1, 0.15) is 13.8 Å². The minimum Gasteiger partial charge on any atom is -0.623 e. The molecular formula is C5H9NO3. The average molecular weight is 131 g/mol. The summed E-state index contributed by atoms with van der Waals surface area (Å²) in [4.78, 5) is 9.82. The number of rotatable bonds is 2. The Morgan fingerprint density at radius 2 is 2.22 bits per heavy atom. The van der Waals surface area contributed by atoms with Crippen LogP contribution < -0.4 is 0 Å². The van der Waals surface area contributed by atoms with Crippen LogP contribution in [0.5, 0.6) is 0 Å². The van der Waals surface area contributed by atoms with Crippen LogP contribution in [0.3, 0.4) is 0 Å². The molecule has 0 unspecified atom stereocenters. The van der Waals surface area contributed by atoms with E-state index in [1.807, 2.05) is 0 Å². The van der Waals surface area contributed by atoms with E-state index in [1.54, 1.807) is 13.8 Å². The van der Waals surface area contributed by atoms with Crippen LogP contribution >= 0.6 is 0 Å². The Labute approximate surface area is 53.0 Å². The van der Waals surface area contributed by atoms with Gasteiger partial charge in [-0.3, -0.25) is 0 Å². The van der Waals surface area contributed by atoms with Gasteiger partial charge in [-0.25, -0.2) is 9.53 Å². The zero-order valence-electron chi connectivity index (χ0n) is 5.37. The van der Waals surface area contributed by atoms with E-state index in [0.717, 1.165) is 0 Å². The third-order valence-electron chi connectivity index (χ3n) is 0.747. The number of hydrogen-bond acceptors (Lipinski definition) is 2. The second-order valence-electron chi connectivity index (χ2n) is 1.92. The molecular weight excluding hydrogens is 122 g/mol. The van der Waals surface area contributed by atoms with Crippen LogP contribution in [0.2, 0.25) is 0 Å². The van der Waals surface area contributed by atoms with Crippen molar-refractivity contribution in [2.24, 2.45) is 0 Å². The number of aliphatic carboxylic acids is 1. The van der Waals surface area contributed by atoms with Crippen molar-refractivity contribution in [3.05, 3.63) is 5.21 Å². The summed E-state index contributed by atoms with van der Waals surface area (Å²) in [5, 5.41) is 18.5. The lowest BCUT2D eigenvalue weighted by atomic mass is 10.4. The summed E-state index contributed by atoms with van der Waals surface area (Å²) in [7, 11) is 0. The molecule has 0 radical (unpaired) electrons. The van der Waals surface area contributed by atoms with Crippen LogP contribution in [0, 0.1) is 5.21 Å². The summed E-state index contributed by atoms with van der Waals surface area (Å²) in [6, 6.07) is -0.305. The normalized spacial score (nSPS) is 12.1. The van der Waals surface area contributed by atoms with E-state index in [-0.39, 0.29) is 6.04 Å². The van der Waals surface area contributed by atoms with Crippen molar-refractivity contribution in [3.63, 3.8) is 0 Å². The zero-order chi connectivity index (χ0) is 7.44. The molecule has 0 atom stereocenters. The molecule has 0 saturated carbocycles. The molecule has 0 aliphatic heterocycles. The second kappa shape index (κ2) is 3.06. The van der Waals surface area contributed by atoms with Crippen molar-refractivity contribution in [2.75, 3.05) is 0 Å². The number of hydroxylamine groups is 1. The summed E-state index contributed by atoms with van der Waals surface area (Å²) in [6.45, 7) is 3.24. The van der Waals surface area contributed by atoms with Crippen LogP contribution in [0.4, 0.5) is 0 Å². The van der Waals surface area contributed by atoms with E-state index in [1.165, 1.54) is 0 Å². The number of carboxylic acid groups (broad SMARTS) is 1. The van der Waals surface area contributed by atoms with Crippen molar-refractivity contribution >= 4 is 12.2 Å². The summed E-state index contributed by atoms with van der Waals surface area (Å²) >= 11 is 0. The summed E-state index contributed by atoms with van der Waals surface area (Å²) < 4.78 is 0.391. The van der Waals surface area contributed by atoms with Gasteiger partial charge in [0, 0.05) is 0 Å². The fourth-order valence-corrected chi connectivity index (χ4v) is 0.258. The monoisotopic (exact) mass is 131 g/mol. The lowest BCUT2D eigenvalue weighted by Crippen LogP contribution is -2.18. The van der Waals surface area contributed by atoms with Crippen molar-refractivity contribution in [3.8, 4) is 0 Å².